The van der Waals surface area contributed by atoms with E-state index in [1.807, 2.05) is 0 Å². The molecule has 0 aliphatic heterocycles. The number of hydrogen-bond acceptors (Lipinski definition) is 9. The van der Waals surface area contributed by atoms with Crippen LogP contribution in [0.2, 0.25) is 0 Å². The second-order valence-electron chi connectivity index (χ2n) is 6.42. The molecule has 0 aromatic carbocycles. The molecule has 5 unspecified atom stereocenters. The van der Waals surface area contributed by atoms with E-state index in [9.17, 15) is 29.1 Å². The lowest BCUT2D eigenvalue weighted by Crippen LogP contribution is -2.59. The first-order valence-electron chi connectivity index (χ1n) is 8.90. The summed E-state index contributed by atoms with van der Waals surface area (Å²) in [5.74, 6) is -4.69. The Morgan fingerprint density at radius 3 is 1.90 bits per heavy atom. The first-order valence-corrected chi connectivity index (χ1v) is 10.3. The van der Waals surface area contributed by atoms with Crippen molar-refractivity contribution in [1.82, 2.24) is 16.0 Å². The summed E-state index contributed by atoms with van der Waals surface area (Å²) >= 11 is 1.36. The van der Waals surface area contributed by atoms with Crippen LogP contribution in [-0.4, -0.2) is 93.8 Å². The van der Waals surface area contributed by atoms with Gasteiger partial charge in [-0.3, -0.25) is 19.2 Å². The number of rotatable bonds is 14. The number of carbonyl (C=O) groups excluding carboxylic acids is 4. The molecule has 5 atom stereocenters. The summed E-state index contributed by atoms with van der Waals surface area (Å²) in [6.45, 7) is 0.401. The highest BCUT2D eigenvalue weighted by molar-refractivity contribution is 7.98. The lowest BCUT2D eigenvalue weighted by molar-refractivity contribution is -0.143. The van der Waals surface area contributed by atoms with E-state index in [0.717, 1.165) is 0 Å². The molecule has 0 heterocycles. The largest absolute Gasteiger partial charge is 0.480 e. The fraction of sp³-hybridized carbons (Fsp3) is 0.688. The highest BCUT2D eigenvalue weighted by atomic mass is 32.2. The summed E-state index contributed by atoms with van der Waals surface area (Å²) in [7, 11) is 0. The van der Waals surface area contributed by atoms with Gasteiger partial charge in [0.1, 0.15) is 24.2 Å². The SMILES string of the molecule is CSCCC(NC(=O)C(CC(N)=O)NC(=O)C(N)C(C)O)C(=O)NC(CO)C(=O)O. The average molecular weight is 452 g/mol. The van der Waals surface area contributed by atoms with Crippen molar-refractivity contribution in [3.63, 3.8) is 0 Å². The van der Waals surface area contributed by atoms with Crippen molar-refractivity contribution in [2.45, 2.75) is 50.0 Å². The van der Waals surface area contributed by atoms with Crippen molar-refractivity contribution >= 4 is 41.4 Å². The van der Waals surface area contributed by atoms with E-state index < -0.39 is 72.9 Å². The number of carboxylic acids is 1. The van der Waals surface area contributed by atoms with Crippen molar-refractivity contribution in [2.75, 3.05) is 18.6 Å². The molecule has 0 saturated carbocycles. The molecule has 0 bridgehead atoms. The summed E-state index contributed by atoms with van der Waals surface area (Å²) < 4.78 is 0. The Bertz CT molecular complexity index is 633. The second kappa shape index (κ2) is 13.7. The van der Waals surface area contributed by atoms with E-state index in [0.29, 0.717) is 5.75 Å². The summed E-state index contributed by atoms with van der Waals surface area (Å²) in [6, 6.07) is -5.63. The van der Waals surface area contributed by atoms with Gasteiger partial charge in [0.15, 0.2) is 0 Å². The van der Waals surface area contributed by atoms with Gasteiger partial charge in [0, 0.05) is 0 Å². The molecular formula is C16H29N5O8S. The number of carboxylic acid groups (broad SMARTS) is 1. The minimum Gasteiger partial charge on any atom is -0.480 e. The van der Waals surface area contributed by atoms with Crippen molar-refractivity contribution in [3.8, 4) is 0 Å². The van der Waals surface area contributed by atoms with E-state index in [4.69, 9.17) is 21.7 Å². The third-order valence-electron chi connectivity index (χ3n) is 3.90. The van der Waals surface area contributed by atoms with Gasteiger partial charge in [0.25, 0.3) is 0 Å². The Balaban J connectivity index is 5.40. The molecule has 0 spiro atoms. The molecule has 14 heteroatoms. The molecule has 0 aliphatic rings. The smallest absolute Gasteiger partial charge is 0.328 e. The topological polar surface area (TPSA) is 234 Å². The van der Waals surface area contributed by atoms with Crippen molar-refractivity contribution in [3.05, 3.63) is 0 Å². The van der Waals surface area contributed by atoms with Crippen molar-refractivity contribution < 1.29 is 39.3 Å². The zero-order chi connectivity index (χ0) is 23.4. The molecule has 30 heavy (non-hydrogen) atoms. The first kappa shape index (κ1) is 27.6. The Hall–Kier alpha value is -2.42. The maximum Gasteiger partial charge on any atom is 0.328 e. The lowest BCUT2D eigenvalue weighted by Gasteiger charge is -2.24. The summed E-state index contributed by atoms with van der Waals surface area (Å²) in [6.07, 6.45) is 0.0165. The Labute approximate surface area is 177 Å². The van der Waals surface area contributed by atoms with E-state index in [-0.39, 0.29) is 6.42 Å². The number of amides is 4. The van der Waals surface area contributed by atoms with Crippen LogP contribution in [0.15, 0.2) is 0 Å². The summed E-state index contributed by atoms with van der Waals surface area (Å²) in [5.41, 5.74) is 10.6. The van der Waals surface area contributed by atoms with E-state index in [1.54, 1.807) is 6.26 Å². The summed E-state index contributed by atoms with van der Waals surface area (Å²) in [4.78, 5) is 59.3. The van der Waals surface area contributed by atoms with Crippen LogP contribution >= 0.6 is 11.8 Å². The van der Waals surface area contributed by atoms with Crippen molar-refractivity contribution in [2.24, 2.45) is 11.5 Å². The summed E-state index contributed by atoms with van der Waals surface area (Å²) in [5, 5.41) is 34.0. The van der Waals surface area contributed by atoms with Gasteiger partial charge in [0.05, 0.1) is 19.1 Å². The molecule has 10 N–H and O–H groups in total. The number of hydrogen-bond donors (Lipinski definition) is 8. The monoisotopic (exact) mass is 451 g/mol. The number of aliphatic hydroxyl groups is 2. The van der Waals surface area contributed by atoms with E-state index in [2.05, 4.69) is 16.0 Å². The number of primary amides is 1. The second-order valence-corrected chi connectivity index (χ2v) is 7.41. The minimum atomic E-state index is -1.57. The Morgan fingerprint density at radius 2 is 1.47 bits per heavy atom. The van der Waals surface area contributed by atoms with Crippen LogP contribution in [0.1, 0.15) is 19.8 Å². The highest BCUT2D eigenvalue weighted by Gasteiger charge is 2.31. The van der Waals surface area contributed by atoms with Gasteiger partial charge in [0.2, 0.25) is 23.6 Å². The van der Waals surface area contributed by atoms with Crippen LogP contribution in [0.25, 0.3) is 0 Å². The number of nitrogens with one attached hydrogen (secondary N) is 3. The molecule has 13 nitrogen and oxygen atoms in total. The van der Waals surface area contributed by atoms with Gasteiger partial charge in [-0.1, -0.05) is 0 Å². The number of aliphatic carboxylic acids is 1. The van der Waals surface area contributed by atoms with Crippen LogP contribution in [0.5, 0.6) is 0 Å². The minimum absolute atomic E-state index is 0.0981. The van der Waals surface area contributed by atoms with Crippen LogP contribution < -0.4 is 27.4 Å². The number of nitrogens with two attached hydrogens (primary N) is 2. The zero-order valence-electron chi connectivity index (χ0n) is 16.7. The van der Waals surface area contributed by atoms with Crippen LogP contribution in [0.3, 0.4) is 0 Å². The maximum absolute atomic E-state index is 12.6. The molecule has 172 valence electrons. The Kier molecular flexibility index (Phi) is 12.6. The predicted octanol–water partition coefficient (Wildman–Crippen LogP) is -4.15. The van der Waals surface area contributed by atoms with Crippen LogP contribution in [0, 0.1) is 0 Å². The number of thioether (sulfide) groups is 1. The molecule has 0 rings (SSSR count). The van der Waals surface area contributed by atoms with Crippen LogP contribution in [0.4, 0.5) is 0 Å². The third kappa shape index (κ3) is 9.87. The first-order chi connectivity index (χ1) is 13.9. The maximum atomic E-state index is 12.6. The molecule has 4 amide bonds. The standard InChI is InChI=1S/C16H29N5O8S/c1-7(23)12(18)15(27)20-9(5-11(17)24)14(26)19-8(3-4-30-2)13(25)21-10(6-22)16(28)29/h7-10,12,22-23H,3-6,18H2,1-2H3,(H2,17,24)(H,19,26)(H,20,27)(H,21,25)(H,28,29). The lowest BCUT2D eigenvalue weighted by atomic mass is 10.1. The van der Waals surface area contributed by atoms with Gasteiger partial charge in [-0.15, -0.1) is 0 Å². The zero-order valence-corrected chi connectivity index (χ0v) is 17.5. The molecule has 0 fully saturated rings. The third-order valence-corrected chi connectivity index (χ3v) is 4.55. The fourth-order valence-electron chi connectivity index (χ4n) is 2.13. The molecule has 0 aromatic rings. The molecule has 0 aromatic heterocycles. The molecular weight excluding hydrogens is 422 g/mol. The highest BCUT2D eigenvalue weighted by Crippen LogP contribution is 2.04. The van der Waals surface area contributed by atoms with E-state index in [1.165, 1.54) is 18.7 Å². The Morgan fingerprint density at radius 1 is 0.967 bits per heavy atom. The predicted molar refractivity (Wildman–Crippen MR) is 107 cm³/mol. The van der Waals surface area contributed by atoms with Gasteiger partial charge in [-0.05, 0) is 25.4 Å². The van der Waals surface area contributed by atoms with Gasteiger partial charge in [-0.2, -0.15) is 11.8 Å². The quantitative estimate of drug-likeness (QED) is 0.127. The molecule has 0 radical (unpaired) electrons. The van der Waals surface area contributed by atoms with Gasteiger partial charge in [-0.25, -0.2) is 4.79 Å². The van der Waals surface area contributed by atoms with E-state index >= 15 is 0 Å². The molecule has 0 aliphatic carbocycles. The molecule has 0 saturated heterocycles. The van der Waals surface area contributed by atoms with Crippen LogP contribution in [-0.2, 0) is 24.0 Å². The number of carbonyl (C=O) groups is 5. The number of aliphatic hydroxyl groups excluding tert-OH is 2. The van der Waals surface area contributed by atoms with Crippen molar-refractivity contribution in [1.29, 1.82) is 0 Å². The van der Waals surface area contributed by atoms with Gasteiger partial charge >= 0.3 is 5.97 Å². The average Bonchev–Trinajstić information content (AvgIpc) is 2.66. The fourth-order valence-corrected chi connectivity index (χ4v) is 2.60. The van der Waals surface area contributed by atoms with Gasteiger partial charge < -0.3 is 42.7 Å². The normalized spacial score (nSPS) is 15.8.